The van der Waals surface area contributed by atoms with E-state index in [0.717, 1.165) is 19.3 Å². The van der Waals surface area contributed by atoms with Gasteiger partial charge in [0.15, 0.2) is 0 Å². The summed E-state index contributed by atoms with van der Waals surface area (Å²) < 4.78 is 5.10. The minimum absolute atomic E-state index is 0.100. The molecule has 2 fully saturated rings. The van der Waals surface area contributed by atoms with Crippen LogP contribution in [0.4, 0.5) is 4.79 Å². The van der Waals surface area contributed by atoms with Gasteiger partial charge in [0, 0.05) is 19.3 Å². The number of carbonyl (C=O) groups excluding carboxylic acids is 1. The van der Waals surface area contributed by atoms with Crippen LogP contribution in [0.1, 0.15) is 64.7 Å². The van der Waals surface area contributed by atoms with Crippen LogP contribution in [0, 0.1) is 17.3 Å². The van der Waals surface area contributed by atoms with Crippen molar-refractivity contribution < 1.29 is 24.5 Å². The number of amides is 1. The predicted molar refractivity (Wildman–Crippen MR) is 102 cm³/mol. The van der Waals surface area contributed by atoms with Gasteiger partial charge in [-0.25, -0.2) is 4.79 Å². The highest BCUT2D eigenvalue weighted by Crippen LogP contribution is 2.53. The summed E-state index contributed by atoms with van der Waals surface area (Å²) in [6.07, 6.45) is 10.1. The average molecular weight is 377 g/mol. The third-order valence-electron chi connectivity index (χ3n) is 5.28. The third-order valence-corrected chi connectivity index (χ3v) is 5.28. The van der Waals surface area contributed by atoms with E-state index in [0.29, 0.717) is 31.3 Å². The van der Waals surface area contributed by atoms with Gasteiger partial charge in [-0.1, -0.05) is 31.4 Å². The Morgan fingerprint density at radius 2 is 2.22 bits per heavy atom. The van der Waals surface area contributed by atoms with Gasteiger partial charge in [-0.3, -0.25) is 9.69 Å². The molecule has 27 heavy (non-hydrogen) atoms. The van der Waals surface area contributed by atoms with Crippen molar-refractivity contribution in [2.45, 2.75) is 76.9 Å². The third kappa shape index (κ3) is 7.26. The molecule has 1 amide bonds. The lowest BCUT2D eigenvalue weighted by atomic mass is 9.93. The summed E-state index contributed by atoms with van der Waals surface area (Å²) in [6.45, 7) is 2.79. The van der Waals surface area contributed by atoms with Gasteiger partial charge < -0.3 is 14.9 Å². The molecular weight excluding hydrogens is 346 g/mol. The van der Waals surface area contributed by atoms with E-state index in [1.54, 1.807) is 4.90 Å². The number of aliphatic hydroxyl groups is 1. The fourth-order valence-electron chi connectivity index (χ4n) is 3.61. The van der Waals surface area contributed by atoms with Crippen LogP contribution in [0.25, 0.3) is 0 Å². The number of carbonyl (C=O) groups is 2. The smallest absolute Gasteiger partial charge is 0.411 e. The minimum atomic E-state index is -0.827. The van der Waals surface area contributed by atoms with Crippen molar-refractivity contribution in [1.82, 2.24) is 4.90 Å². The number of nitrogens with zero attached hydrogens (tertiary/aromatic N) is 1. The van der Waals surface area contributed by atoms with E-state index in [1.165, 1.54) is 12.8 Å². The molecule has 1 unspecified atom stereocenters. The first-order valence-corrected chi connectivity index (χ1v) is 9.93. The number of aliphatic hydroxyl groups excluding tert-OH is 1. The number of rotatable bonds is 10. The van der Waals surface area contributed by atoms with E-state index in [1.807, 2.05) is 12.2 Å². The summed E-state index contributed by atoms with van der Waals surface area (Å²) in [6, 6.07) is -0.129. The molecule has 0 aromatic carbocycles. The van der Waals surface area contributed by atoms with Crippen molar-refractivity contribution in [3.8, 4) is 11.8 Å². The summed E-state index contributed by atoms with van der Waals surface area (Å²) in [4.78, 5) is 24.1. The van der Waals surface area contributed by atoms with Crippen molar-refractivity contribution >= 4 is 12.1 Å². The lowest BCUT2D eigenvalue weighted by molar-refractivity contribution is -0.137. The lowest BCUT2D eigenvalue weighted by Gasteiger charge is -2.32. The van der Waals surface area contributed by atoms with Crippen LogP contribution < -0.4 is 0 Å². The Morgan fingerprint density at radius 3 is 2.89 bits per heavy atom. The highest BCUT2D eigenvalue weighted by molar-refractivity contribution is 5.69. The summed E-state index contributed by atoms with van der Waals surface area (Å²) >= 11 is 0. The molecule has 2 rings (SSSR count). The molecule has 2 aliphatic rings. The molecule has 1 aliphatic carbocycles. The van der Waals surface area contributed by atoms with Crippen LogP contribution in [0.5, 0.6) is 0 Å². The molecule has 1 saturated heterocycles. The monoisotopic (exact) mass is 377 g/mol. The zero-order valence-corrected chi connectivity index (χ0v) is 16.2. The molecule has 1 heterocycles. The first-order valence-electron chi connectivity index (χ1n) is 9.93. The van der Waals surface area contributed by atoms with Gasteiger partial charge in [0.25, 0.3) is 0 Å². The number of unbranched alkanes of at least 4 members (excludes halogenated alkanes) is 1. The zero-order valence-electron chi connectivity index (χ0n) is 16.2. The largest absolute Gasteiger partial charge is 0.481 e. The Hall–Kier alpha value is -2.00. The summed E-state index contributed by atoms with van der Waals surface area (Å²) in [5.74, 6) is 5.01. The van der Waals surface area contributed by atoms with Crippen LogP contribution >= 0.6 is 0 Å². The maximum atomic E-state index is 12.0. The molecule has 0 spiro atoms. The second kappa shape index (κ2) is 10.4. The predicted octanol–water partition coefficient (Wildman–Crippen LogP) is 3.34. The first-order chi connectivity index (χ1) is 13.0. The summed E-state index contributed by atoms with van der Waals surface area (Å²) in [5, 5.41) is 19.0. The normalized spacial score (nSPS) is 22.1. The van der Waals surface area contributed by atoms with E-state index in [4.69, 9.17) is 9.84 Å². The second-order valence-corrected chi connectivity index (χ2v) is 7.61. The van der Waals surface area contributed by atoms with Crippen molar-refractivity contribution in [2.24, 2.45) is 5.41 Å². The maximum Gasteiger partial charge on any atom is 0.411 e. The number of carboxylic acid groups (broad SMARTS) is 1. The van der Waals surface area contributed by atoms with Crippen molar-refractivity contribution in [1.29, 1.82) is 0 Å². The number of aliphatic carboxylic acids is 1. The molecule has 1 aliphatic heterocycles. The Morgan fingerprint density at radius 1 is 1.44 bits per heavy atom. The fourth-order valence-corrected chi connectivity index (χ4v) is 3.61. The molecule has 0 bridgehead atoms. The van der Waals surface area contributed by atoms with Gasteiger partial charge in [-0.05, 0) is 37.5 Å². The number of hydrogen-bond donors (Lipinski definition) is 2. The van der Waals surface area contributed by atoms with Crippen molar-refractivity contribution in [2.75, 3.05) is 13.2 Å². The Bertz CT molecular complexity index is 599. The summed E-state index contributed by atoms with van der Waals surface area (Å²) in [7, 11) is 0. The number of ether oxygens (including phenoxy) is 1. The van der Waals surface area contributed by atoms with E-state index in [-0.39, 0.29) is 19.0 Å². The van der Waals surface area contributed by atoms with Crippen LogP contribution in [0.3, 0.4) is 0 Å². The molecular formula is C21H31NO5. The average Bonchev–Trinajstić information content (AvgIpc) is 3.36. The van der Waals surface area contributed by atoms with Crippen LogP contribution in [-0.2, 0) is 9.53 Å². The molecule has 2 atom stereocenters. The Balaban J connectivity index is 1.84. The molecule has 2 N–H and O–H groups in total. The van der Waals surface area contributed by atoms with Crippen molar-refractivity contribution in [3.05, 3.63) is 12.2 Å². The highest BCUT2D eigenvalue weighted by atomic mass is 16.6. The Labute approximate surface area is 161 Å². The van der Waals surface area contributed by atoms with Crippen LogP contribution in [-0.4, -0.2) is 52.5 Å². The van der Waals surface area contributed by atoms with E-state index in [9.17, 15) is 14.7 Å². The minimum Gasteiger partial charge on any atom is -0.481 e. The van der Waals surface area contributed by atoms with Gasteiger partial charge in [0.1, 0.15) is 0 Å². The van der Waals surface area contributed by atoms with E-state index >= 15 is 0 Å². The molecule has 0 aromatic rings. The highest BCUT2D eigenvalue weighted by Gasteiger charge is 2.42. The Kier molecular flexibility index (Phi) is 8.18. The molecule has 0 radical (unpaired) electrons. The molecule has 6 heteroatoms. The summed E-state index contributed by atoms with van der Waals surface area (Å²) in [5.41, 5.74) is 0.325. The van der Waals surface area contributed by atoms with Crippen LogP contribution in [0.2, 0.25) is 0 Å². The number of cyclic esters (lactones) is 1. The standard InChI is InChI=1S/C21H31NO5/c1-2-11-21(12-13-21)16-18(23)9-8-17-10-15-27-20(26)22(17)14-6-4-3-5-7-19(24)25/h8-9,17-18,23H,2-3,5,7,10-16H2,1H3,(H,24,25)/b9-8+/t17-,18?/m0/s1. The maximum absolute atomic E-state index is 12.0. The molecule has 1 saturated carbocycles. The van der Waals surface area contributed by atoms with Crippen LogP contribution in [0.15, 0.2) is 12.2 Å². The van der Waals surface area contributed by atoms with Gasteiger partial charge >= 0.3 is 12.1 Å². The van der Waals surface area contributed by atoms with Gasteiger partial charge in [0.2, 0.25) is 0 Å². The van der Waals surface area contributed by atoms with Gasteiger partial charge in [-0.2, -0.15) is 0 Å². The second-order valence-electron chi connectivity index (χ2n) is 7.61. The van der Waals surface area contributed by atoms with Gasteiger partial charge in [0.05, 0.1) is 25.3 Å². The lowest BCUT2D eigenvalue weighted by Crippen LogP contribution is -2.44. The quantitative estimate of drug-likeness (QED) is 0.346. The topological polar surface area (TPSA) is 87.1 Å². The molecule has 150 valence electrons. The van der Waals surface area contributed by atoms with E-state index in [2.05, 4.69) is 18.8 Å². The zero-order chi connectivity index (χ0) is 19.7. The SMILES string of the molecule is CCCC1(CC(O)/C=C/[C@H]2CCOC(=O)N2CC#CCCCC(=O)O)CC1. The fraction of sp³-hybridized carbons (Fsp3) is 0.714. The molecule has 6 nitrogen and oxygen atoms in total. The van der Waals surface area contributed by atoms with Crippen molar-refractivity contribution in [3.63, 3.8) is 0 Å². The molecule has 0 aromatic heterocycles. The van der Waals surface area contributed by atoms with Gasteiger partial charge in [-0.15, -0.1) is 5.92 Å². The number of hydrogen-bond acceptors (Lipinski definition) is 4. The number of carboxylic acids is 1. The van der Waals surface area contributed by atoms with E-state index < -0.39 is 18.2 Å². The first kappa shape index (κ1) is 21.3.